The monoisotopic (exact) mass is 227 g/mol. The van der Waals surface area contributed by atoms with Gasteiger partial charge in [0, 0.05) is 12.0 Å². The lowest BCUT2D eigenvalue weighted by atomic mass is 10.2. The van der Waals surface area contributed by atoms with Crippen molar-refractivity contribution in [3.05, 3.63) is 29.6 Å². The van der Waals surface area contributed by atoms with Crippen LogP contribution in [-0.2, 0) is 0 Å². The van der Waals surface area contributed by atoms with Gasteiger partial charge >= 0.3 is 0 Å². The van der Waals surface area contributed by atoms with Crippen molar-refractivity contribution in [1.29, 1.82) is 5.26 Å². The molecule has 0 saturated heterocycles. The van der Waals surface area contributed by atoms with E-state index in [1.54, 1.807) is 0 Å². The van der Waals surface area contributed by atoms with E-state index < -0.39 is 0 Å². The van der Waals surface area contributed by atoms with Gasteiger partial charge in [-0.1, -0.05) is 13.8 Å². The summed E-state index contributed by atoms with van der Waals surface area (Å²) in [4.78, 5) is 4.65. The highest BCUT2D eigenvalue weighted by Gasteiger charge is 2.15. The maximum Gasteiger partial charge on any atom is 0.112 e. The number of hydrogen-bond donors (Lipinski definition) is 0. The van der Waals surface area contributed by atoms with Crippen LogP contribution in [0.2, 0.25) is 0 Å². The van der Waals surface area contributed by atoms with Gasteiger partial charge in [0.25, 0.3) is 0 Å². The van der Waals surface area contributed by atoms with Crippen LogP contribution < -0.4 is 0 Å². The molecule has 0 aliphatic carbocycles. The number of hydrogen-bond acceptors (Lipinski definition) is 2. The summed E-state index contributed by atoms with van der Waals surface area (Å²) in [6, 6.07) is 8.25. The van der Waals surface area contributed by atoms with Crippen molar-refractivity contribution in [3.8, 4) is 6.07 Å². The minimum Gasteiger partial charge on any atom is -0.325 e. The Morgan fingerprint density at radius 2 is 1.94 bits per heavy atom. The van der Waals surface area contributed by atoms with Crippen molar-refractivity contribution in [2.75, 3.05) is 0 Å². The third-order valence-electron chi connectivity index (χ3n) is 2.88. The van der Waals surface area contributed by atoms with Gasteiger partial charge in [-0.05, 0) is 32.0 Å². The molecule has 0 unspecified atom stereocenters. The Morgan fingerprint density at radius 3 is 2.47 bits per heavy atom. The summed E-state index contributed by atoms with van der Waals surface area (Å²) in [6.07, 6.45) is 0. The molecular weight excluding hydrogens is 210 g/mol. The molecule has 1 aromatic heterocycles. The predicted molar refractivity (Wildman–Crippen MR) is 68.9 cm³/mol. The fourth-order valence-corrected chi connectivity index (χ4v) is 2.14. The van der Waals surface area contributed by atoms with Crippen LogP contribution in [0.3, 0.4) is 0 Å². The van der Waals surface area contributed by atoms with Crippen molar-refractivity contribution in [2.45, 2.75) is 39.7 Å². The standard InChI is InChI=1S/C14H17N3/c1-9(2)14-16-12-7-11(8-15)5-6-13(12)17(14)10(3)4/h5-7,9-10H,1-4H3. The summed E-state index contributed by atoms with van der Waals surface area (Å²) in [7, 11) is 0. The first-order valence-electron chi connectivity index (χ1n) is 5.96. The Balaban J connectivity index is 2.75. The molecular formula is C14H17N3. The average Bonchev–Trinajstić information content (AvgIpc) is 2.66. The molecule has 0 bridgehead atoms. The van der Waals surface area contributed by atoms with Crippen molar-refractivity contribution in [3.63, 3.8) is 0 Å². The quantitative estimate of drug-likeness (QED) is 0.786. The van der Waals surface area contributed by atoms with Crippen LogP contribution in [0.5, 0.6) is 0 Å². The SMILES string of the molecule is CC(C)c1nc2cc(C#N)ccc2n1C(C)C. The van der Waals surface area contributed by atoms with Crippen LogP contribution in [0.25, 0.3) is 11.0 Å². The first-order valence-corrected chi connectivity index (χ1v) is 5.96. The zero-order valence-corrected chi connectivity index (χ0v) is 10.7. The van der Waals surface area contributed by atoms with E-state index in [1.807, 2.05) is 18.2 Å². The molecule has 3 heteroatoms. The maximum atomic E-state index is 8.91. The highest BCUT2D eigenvalue weighted by Crippen LogP contribution is 2.26. The lowest BCUT2D eigenvalue weighted by Gasteiger charge is -2.14. The van der Waals surface area contributed by atoms with E-state index in [9.17, 15) is 0 Å². The van der Waals surface area contributed by atoms with Crippen molar-refractivity contribution in [2.24, 2.45) is 0 Å². The first kappa shape index (κ1) is 11.7. The van der Waals surface area contributed by atoms with Gasteiger partial charge in [0.05, 0.1) is 22.7 Å². The van der Waals surface area contributed by atoms with E-state index in [-0.39, 0.29) is 0 Å². The Morgan fingerprint density at radius 1 is 1.24 bits per heavy atom. The molecule has 0 amide bonds. The Labute approximate surface area is 102 Å². The van der Waals surface area contributed by atoms with Gasteiger partial charge in [0.15, 0.2) is 0 Å². The summed E-state index contributed by atoms with van der Waals surface area (Å²) in [5.74, 6) is 1.47. The summed E-state index contributed by atoms with van der Waals surface area (Å²) in [5, 5.41) is 8.91. The second kappa shape index (κ2) is 4.21. The maximum absolute atomic E-state index is 8.91. The summed E-state index contributed by atoms with van der Waals surface area (Å²) < 4.78 is 2.25. The molecule has 0 saturated carbocycles. The fraction of sp³-hybridized carbons (Fsp3) is 0.429. The Bertz CT molecular complexity index is 585. The number of imidazole rings is 1. The highest BCUT2D eigenvalue weighted by atomic mass is 15.1. The van der Waals surface area contributed by atoms with Crippen LogP contribution >= 0.6 is 0 Å². The average molecular weight is 227 g/mol. The smallest absolute Gasteiger partial charge is 0.112 e. The topological polar surface area (TPSA) is 41.6 Å². The number of rotatable bonds is 2. The Hall–Kier alpha value is -1.82. The van der Waals surface area contributed by atoms with Crippen LogP contribution in [0.15, 0.2) is 18.2 Å². The van der Waals surface area contributed by atoms with Gasteiger partial charge in [-0.25, -0.2) is 4.98 Å². The number of benzene rings is 1. The van der Waals surface area contributed by atoms with Crippen molar-refractivity contribution >= 4 is 11.0 Å². The number of fused-ring (bicyclic) bond motifs is 1. The van der Waals surface area contributed by atoms with Crippen molar-refractivity contribution in [1.82, 2.24) is 9.55 Å². The third-order valence-corrected chi connectivity index (χ3v) is 2.88. The van der Waals surface area contributed by atoms with Gasteiger partial charge in [0.1, 0.15) is 5.82 Å². The molecule has 0 aliphatic heterocycles. The minimum absolute atomic E-state index is 0.380. The molecule has 0 atom stereocenters. The summed E-state index contributed by atoms with van der Waals surface area (Å²) >= 11 is 0. The van der Waals surface area contributed by atoms with E-state index in [0.717, 1.165) is 16.9 Å². The summed E-state index contributed by atoms with van der Waals surface area (Å²) in [5.41, 5.74) is 2.70. The number of nitriles is 1. The molecule has 2 aromatic rings. The van der Waals surface area contributed by atoms with Crippen LogP contribution in [0.1, 0.15) is 51.0 Å². The molecule has 0 fully saturated rings. The van der Waals surface area contributed by atoms with Crippen molar-refractivity contribution < 1.29 is 0 Å². The van der Waals surface area contributed by atoms with Crippen LogP contribution in [0, 0.1) is 11.3 Å². The van der Waals surface area contributed by atoms with Crippen LogP contribution in [-0.4, -0.2) is 9.55 Å². The number of nitrogens with zero attached hydrogens (tertiary/aromatic N) is 3. The van der Waals surface area contributed by atoms with E-state index in [0.29, 0.717) is 17.5 Å². The molecule has 3 nitrogen and oxygen atoms in total. The zero-order valence-electron chi connectivity index (χ0n) is 10.7. The zero-order chi connectivity index (χ0) is 12.6. The number of aromatic nitrogens is 2. The molecule has 0 aliphatic rings. The highest BCUT2D eigenvalue weighted by molar-refractivity contribution is 5.78. The molecule has 88 valence electrons. The molecule has 0 N–H and O–H groups in total. The van der Waals surface area contributed by atoms with E-state index in [2.05, 4.69) is 43.3 Å². The lowest BCUT2D eigenvalue weighted by molar-refractivity contribution is 0.564. The Kier molecular flexibility index (Phi) is 2.89. The lowest BCUT2D eigenvalue weighted by Crippen LogP contribution is -2.07. The van der Waals surface area contributed by atoms with Gasteiger partial charge in [0.2, 0.25) is 0 Å². The third kappa shape index (κ3) is 1.91. The molecule has 17 heavy (non-hydrogen) atoms. The van der Waals surface area contributed by atoms with E-state index >= 15 is 0 Å². The second-order valence-corrected chi connectivity index (χ2v) is 4.90. The van der Waals surface area contributed by atoms with Gasteiger partial charge < -0.3 is 4.57 Å². The van der Waals surface area contributed by atoms with E-state index in [1.165, 1.54) is 0 Å². The summed E-state index contributed by atoms with van der Waals surface area (Å²) in [6.45, 7) is 8.60. The van der Waals surface area contributed by atoms with Crippen LogP contribution in [0.4, 0.5) is 0 Å². The molecule has 0 spiro atoms. The molecule has 2 rings (SSSR count). The predicted octanol–water partition coefficient (Wildman–Crippen LogP) is 3.61. The van der Waals surface area contributed by atoms with Gasteiger partial charge in [-0.3, -0.25) is 0 Å². The molecule has 0 radical (unpaired) electrons. The normalized spacial score (nSPS) is 11.4. The minimum atomic E-state index is 0.380. The van der Waals surface area contributed by atoms with Gasteiger partial charge in [-0.2, -0.15) is 5.26 Å². The largest absolute Gasteiger partial charge is 0.325 e. The molecule has 1 aromatic carbocycles. The fourth-order valence-electron chi connectivity index (χ4n) is 2.14. The first-order chi connectivity index (χ1) is 8.04. The van der Waals surface area contributed by atoms with E-state index in [4.69, 9.17) is 5.26 Å². The second-order valence-electron chi connectivity index (χ2n) is 4.90. The van der Waals surface area contributed by atoms with Gasteiger partial charge in [-0.15, -0.1) is 0 Å². The molecule has 1 heterocycles.